The van der Waals surface area contributed by atoms with Crippen LogP contribution in [0.15, 0.2) is 58.3 Å². The van der Waals surface area contributed by atoms with Crippen LogP contribution in [0.25, 0.3) is 10.9 Å². The van der Waals surface area contributed by atoms with Crippen molar-refractivity contribution in [1.29, 1.82) is 0 Å². The topological polar surface area (TPSA) is 96.8 Å². The smallest absolute Gasteiger partial charge is 0.329 e. The zero-order chi connectivity index (χ0) is 19.9. The molecule has 0 spiro atoms. The molecule has 7 nitrogen and oxygen atoms in total. The number of nitrogens with zero attached hydrogens (tertiary/aromatic N) is 2. The maximum absolute atomic E-state index is 12.9. The van der Waals surface area contributed by atoms with Gasteiger partial charge in [0.2, 0.25) is 5.91 Å². The number of hydrogen-bond donors (Lipinski definition) is 2. The highest BCUT2D eigenvalue weighted by Crippen LogP contribution is 2.13. The quantitative estimate of drug-likeness (QED) is 0.602. The number of pyridine rings is 1. The molecule has 3 aromatic rings. The molecule has 1 aromatic carbocycles. The Morgan fingerprint density at radius 2 is 2.00 bits per heavy atom. The molecule has 2 heterocycles. The van der Waals surface area contributed by atoms with Crippen LogP contribution >= 0.6 is 11.8 Å². The second-order valence-corrected chi connectivity index (χ2v) is 7.30. The summed E-state index contributed by atoms with van der Waals surface area (Å²) in [6, 6.07) is 11.5. The van der Waals surface area contributed by atoms with E-state index in [1.807, 2.05) is 24.5 Å². The Labute approximate surface area is 166 Å². The maximum Gasteiger partial charge on any atom is 0.329 e. The molecule has 1 amide bonds. The van der Waals surface area contributed by atoms with Gasteiger partial charge in [0.1, 0.15) is 6.04 Å². The number of carbonyl (C=O) groups excluding carboxylic acids is 1. The first kappa shape index (κ1) is 19.9. The standard InChI is InChI=1S/C20H22N4O3S/c1-28-13-10-17(18(25)22-12-9-14-6-4-5-11-21-14)24-19(26)15-7-2-3-8-16(15)23-20(24)27/h2-8,11,17H,9-10,12-13H2,1H3,(H,22,25)(H,23,27). The molecule has 28 heavy (non-hydrogen) atoms. The molecule has 2 N–H and O–H groups in total. The number of thioether (sulfide) groups is 1. The third-order valence-corrected chi connectivity index (χ3v) is 5.10. The Bertz CT molecular complexity index is 1060. The molecule has 0 aliphatic carbocycles. The number of para-hydroxylation sites is 1. The number of amides is 1. The summed E-state index contributed by atoms with van der Waals surface area (Å²) in [5.74, 6) is 0.310. The minimum atomic E-state index is -0.864. The Hall–Kier alpha value is -2.87. The highest BCUT2D eigenvalue weighted by molar-refractivity contribution is 7.98. The average Bonchev–Trinajstić information content (AvgIpc) is 2.71. The largest absolute Gasteiger partial charge is 0.354 e. The average molecular weight is 398 g/mol. The van der Waals surface area contributed by atoms with E-state index in [9.17, 15) is 14.4 Å². The number of aromatic amines is 1. The summed E-state index contributed by atoms with van der Waals surface area (Å²) < 4.78 is 1.04. The van der Waals surface area contributed by atoms with Crippen LogP contribution in [0.4, 0.5) is 0 Å². The Morgan fingerprint density at radius 1 is 1.21 bits per heavy atom. The normalized spacial score (nSPS) is 12.0. The molecule has 0 radical (unpaired) electrons. The van der Waals surface area contributed by atoms with Crippen LogP contribution < -0.4 is 16.6 Å². The fraction of sp³-hybridized carbons (Fsp3) is 0.300. The van der Waals surface area contributed by atoms with Crippen LogP contribution in [0.5, 0.6) is 0 Å². The van der Waals surface area contributed by atoms with E-state index in [0.29, 0.717) is 36.0 Å². The van der Waals surface area contributed by atoms with Crippen molar-refractivity contribution >= 4 is 28.6 Å². The van der Waals surface area contributed by atoms with Crippen LogP contribution in [-0.2, 0) is 11.2 Å². The van der Waals surface area contributed by atoms with Gasteiger partial charge in [0.25, 0.3) is 5.56 Å². The molecule has 8 heteroatoms. The molecule has 1 atom stereocenters. The SMILES string of the molecule is CSCCC(C(=O)NCCc1ccccn1)n1c(=O)[nH]c2ccccc2c1=O. The van der Waals surface area contributed by atoms with E-state index < -0.39 is 17.3 Å². The Kier molecular flexibility index (Phi) is 6.65. The van der Waals surface area contributed by atoms with Gasteiger partial charge in [0, 0.05) is 24.9 Å². The van der Waals surface area contributed by atoms with Crippen LogP contribution in [0.1, 0.15) is 18.2 Å². The van der Waals surface area contributed by atoms with Gasteiger partial charge < -0.3 is 10.3 Å². The Morgan fingerprint density at radius 3 is 2.75 bits per heavy atom. The van der Waals surface area contributed by atoms with Gasteiger partial charge in [0.05, 0.1) is 10.9 Å². The van der Waals surface area contributed by atoms with Crippen molar-refractivity contribution in [1.82, 2.24) is 19.9 Å². The number of carbonyl (C=O) groups is 1. The van der Waals surface area contributed by atoms with Gasteiger partial charge in [-0.25, -0.2) is 9.36 Å². The number of H-pyrrole nitrogens is 1. The molecular weight excluding hydrogens is 376 g/mol. The lowest BCUT2D eigenvalue weighted by Gasteiger charge is -2.18. The summed E-state index contributed by atoms with van der Waals surface area (Å²) in [7, 11) is 0. The van der Waals surface area contributed by atoms with E-state index in [1.54, 1.807) is 42.2 Å². The fourth-order valence-corrected chi connectivity index (χ4v) is 3.50. The Balaban J connectivity index is 1.85. The van der Waals surface area contributed by atoms with E-state index in [-0.39, 0.29) is 5.91 Å². The first-order valence-electron chi connectivity index (χ1n) is 9.02. The first-order chi connectivity index (χ1) is 13.6. The lowest BCUT2D eigenvalue weighted by molar-refractivity contribution is -0.124. The van der Waals surface area contributed by atoms with E-state index >= 15 is 0 Å². The maximum atomic E-state index is 12.9. The molecule has 0 saturated heterocycles. The number of rotatable bonds is 8. The van der Waals surface area contributed by atoms with Gasteiger partial charge in [-0.1, -0.05) is 18.2 Å². The molecule has 0 aliphatic rings. The fourth-order valence-electron chi connectivity index (χ4n) is 3.04. The van der Waals surface area contributed by atoms with Crippen LogP contribution in [0, 0.1) is 0 Å². The van der Waals surface area contributed by atoms with Crippen LogP contribution in [0.2, 0.25) is 0 Å². The number of hydrogen-bond acceptors (Lipinski definition) is 5. The molecule has 2 aromatic heterocycles. The minimum Gasteiger partial charge on any atom is -0.354 e. The van der Waals surface area contributed by atoms with Crippen LogP contribution in [-0.4, -0.2) is 39.0 Å². The van der Waals surface area contributed by atoms with E-state index in [2.05, 4.69) is 15.3 Å². The summed E-state index contributed by atoms with van der Waals surface area (Å²) in [6.45, 7) is 0.381. The van der Waals surface area contributed by atoms with Crippen molar-refractivity contribution in [2.45, 2.75) is 18.9 Å². The molecule has 0 fully saturated rings. The van der Waals surface area contributed by atoms with E-state index in [4.69, 9.17) is 0 Å². The summed E-state index contributed by atoms with van der Waals surface area (Å²) >= 11 is 1.56. The third-order valence-electron chi connectivity index (χ3n) is 4.45. The van der Waals surface area contributed by atoms with Crippen LogP contribution in [0.3, 0.4) is 0 Å². The van der Waals surface area contributed by atoms with Crippen molar-refractivity contribution in [3.63, 3.8) is 0 Å². The molecule has 0 bridgehead atoms. The minimum absolute atomic E-state index is 0.340. The molecule has 146 valence electrons. The van der Waals surface area contributed by atoms with Gasteiger partial charge >= 0.3 is 5.69 Å². The summed E-state index contributed by atoms with van der Waals surface area (Å²) in [6.07, 6.45) is 4.58. The number of benzene rings is 1. The zero-order valence-corrected chi connectivity index (χ0v) is 16.4. The number of aromatic nitrogens is 3. The molecule has 0 aliphatic heterocycles. The van der Waals surface area contributed by atoms with Gasteiger partial charge in [-0.05, 0) is 42.7 Å². The highest BCUT2D eigenvalue weighted by atomic mass is 32.2. The third kappa shape index (κ3) is 4.51. The molecular formula is C20H22N4O3S. The second kappa shape index (κ2) is 9.36. The van der Waals surface area contributed by atoms with Gasteiger partial charge in [-0.15, -0.1) is 0 Å². The van der Waals surface area contributed by atoms with Gasteiger partial charge in [0.15, 0.2) is 0 Å². The summed E-state index contributed by atoms with van der Waals surface area (Å²) in [4.78, 5) is 45.2. The van der Waals surface area contributed by atoms with Gasteiger partial charge in [-0.2, -0.15) is 11.8 Å². The van der Waals surface area contributed by atoms with Crippen molar-refractivity contribution in [3.05, 3.63) is 75.2 Å². The number of nitrogens with one attached hydrogen (secondary N) is 2. The highest BCUT2D eigenvalue weighted by Gasteiger charge is 2.24. The lowest BCUT2D eigenvalue weighted by atomic mass is 10.1. The van der Waals surface area contributed by atoms with Crippen molar-refractivity contribution in [2.75, 3.05) is 18.6 Å². The predicted octanol–water partition coefficient (Wildman–Crippen LogP) is 1.74. The molecule has 3 rings (SSSR count). The van der Waals surface area contributed by atoms with Crippen molar-refractivity contribution in [2.24, 2.45) is 0 Å². The summed E-state index contributed by atoms with van der Waals surface area (Å²) in [5, 5.41) is 3.23. The van der Waals surface area contributed by atoms with Gasteiger partial charge in [-0.3, -0.25) is 14.6 Å². The van der Waals surface area contributed by atoms with Crippen molar-refractivity contribution in [3.8, 4) is 0 Å². The van der Waals surface area contributed by atoms with E-state index in [1.165, 1.54) is 0 Å². The predicted molar refractivity (Wildman–Crippen MR) is 112 cm³/mol. The first-order valence-corrected chi connectivity index (χ1v) is 10.4. The van der Waals surface area contributed by atoms with E-state index in [0.717, 1.165) is 10.3 Å². The number of fused-ring (bicyclic) bond motifs is 1. The molecule has 0 saturated carbocycles. The van der Waals surface area contributed by atoms with Crippen molar-refractivity contribution < 1.29 is 4.79 Å². The molecule has 1 unspecified atom stereocenters. The second-order valence-electron chi connectivity index (χ2n) is 6.31. The lowest BCUT2D eigenvalue weighted by Crippen LogP contribution is -2.45. The monoisotopic (exact) mass is 398 g/mol. The summed E-state index contributed by atoms with van der Waals surface area (Å²) in [5.41, 5.74) is 0.303. The zero-order valence-electron chi connectivity index (χ0n) is 15.6.